The maximum atomic E-state index is 5.93. The lowest BCUT2D eigenvalue weighted by Gasteiger charge is -2.18. The highest BCUT2D eigenvalue weighted by molar-refractivity contribution is 5.57. The second-order valence-electron chi connectivity index (χ2n) is 5.44. The molecular weight excluding hydrogens is 212 g/mol. The van der Waals surface area contributed by atoms with Crippen molar-refractivity contribution in [3.63, 3.8) is 0 Å². The Kier molecular flexibility index (Phi) is 3.50. The largest absolute Gasteiger partial charge is 0.383 e. The number of nitrogens with two attached hydrogens (primary N) is 1. The molecule has 1 heterocycles. The molecular formula is C13H22N4. The van der Waals surface area contributed by atoms with E-state index in [4.69, 9.17) is 5.73 Å². The van der Waals surface area contributed by atoms with Crippen LogP contribution in [0, 0.1) is 5.92 Å². The molecule has 0 aromatic carbocycles. The first-order valence-electron chi connectivity index (χ1n) is 6.44. The van der Waals surface area contributed by atoms with Crippen molar-refractivity contribution in [2.24, 2.45) is 5.92 Å². The number of nitrogens with one attached hydrogen (secondary N) is 1. The fourth-order valence-electron chi connectivity index (χ4n) is 2.62. The summed E-state index contributed by atoms with van der Waals surface area (Å²) < 4.78 is 0. The zero-order chi connectivity index (χ0) is 12.4. The van der Waals surface area contributed by atoms with Gasteiger partial charge in [0.1, 0.15) is 18.0 Å². The van der Waals surface area contributed by atoms with Gasteiger partial charge in [-0.15, -0.1) is 0 Å². The van der Waals surface area contributed by atoms with Crippen LogP contribution in [0.15, 0.2) is 6.33 Å². The molecule has 2 unspecified atom stereocenters. The third-order valence-electron chi connectivity index (χ3n) is 3.53. The summed E-state index contributed by atoms with van der Waals surface area (Å²) in [4.78, 5) is 8.42. The number of nitrogen functional groups attached to an aromatic ring is 1. The van der Waals surface area contributed by atoms with E-state index < -0.39 is 0 Å². The quantitative estimate of drug-likeness (QED) is 0.844. The van der Waals surface area contributed by atoms with Crippen LogP contribution in [0.1, 0.15) is 51.5 Å². The minimum atomic E-state index is 0.345. The predicted molar refractivity (Wildman–Crippen MR) is 71.0 cm³/mol. The van der Waals surface area contributed by atoms with Crippen LogP contribution < -0.4 is 11.1 Å². The van der Waals surface area contributed by atoms with E-state index in [1.165, 1.54) is 19.3 Å². The Labute approximate surface area is 103 Å². The van der Waals surface area contributed by atoms with Crippen molar-refractivity contribution >= 4 is 11.6 Å². The van der Waals surface area contributed by atoms with Gasteiger partial charge in [0, 0.05) is 11.6 Å². The second-order valence-corrected chi connectivity index (χ2v) is 5.44. The van der Waals surface area contributed by atoms with Crippen molar-refractivity contribution in [2.45, 2.75) is 52.0 Å². The molecule has 1 aromatic rings. The summed E-state index contributed by atoms with van der Waals surface area (Å²) in [6.07, 6.45) is 5.29. The molecule has 3 N–H and O–H groups in total. The first-order valence-corrected chi connectivity index (χ1v) is 6.44. The average Bonchev–Trinajstić information content (AvgIpc) is 2.63. The van der Waals surface area contributed by atoms with Gasteiger partial charge in [-0.1, -0.05) is 20.8 Å². The summed E-state index contributed by atoms with van der Waals surface area (Å²) in [5.41, 5.74) is 6.98. The van der Waals surface area contributed by atoms with E-state index in [0.717, 1.165) is 17.3 Å². The first kappa shape index (κ1) is 12.1. The van der Waals surface area contributed by atoms with Crippen LogP contribution in [0.2, 0.25) is 0 Å². The smallest absolute Gasteiger partial charge is 0.135 e. The van der Waals surface area contributed by atoms with E-state index in [2.05, 4.69) is 36.1 Å². The summed E-state index contributed by atoms with van der Waals surface area (Å²) in [7, 11) is 0. The highest BCUT2D eigenvalue weighted by atomic mass is 15.1. The van der Waals surface area contributed by atoms with E-state index in [1.54, 1.807) is 6.33 Å². The lowest BCUT2D eigenvalue weighted by Crippen LogP contribution is -2.19. The molecule has 2 atom stereocenters. The van der Waals surface area contributed by atoms with Crippen molar-refractivity contribution < 1.29 is 0 Å². The fourth-order valence-corrected chi connectivity index (χ4v) is 2.62. The number of nitrogens with zero attached hydrogens (tertiary/aromatic N) is 2. The fraction of sp³-hybridized carbons (Fsp3) is 0.692. The summed E-state index contributed by atoms with van der Waals surface area (Å²) in [6.45, 7) is 6.55. The first-order chi connectivity index (χ1) is 8.08. The van der Waals surface area contributed by atoms with Crippen LogP contribution in [0.5, 0.6) is 0 Å². The van der Waals surface area contributed by atoms with Gasteiger partial charge in [0.25, 0.3) is 0 Å². The normalized spacial score (nSPS) is 24.2. The summed E-state index contributed by atoms with van der Waals surface area (Å²) in [5, 5.41) is 3.53. The van der Waals surface area contributed by atoms with Crippen LogP contribution in [-0.4, -0.2) is 16.0 Å². The molecule has 0 bridgehead atoms. The molecule has 1 fully saturated rings. The Hall–Kier alpha value is -1.32. The van der Waals surface area contributed by atoms with Crippen molar-refractivity contribution in [2.75, 3.05) is 11.1 Å². The van der Waals surface area contributed by atoms with Crippen molar-refractivity contribution in [3.05, 3.63) is 11.9 Å². The van der Waals surface area contributed by atoms with E-state index in [-0.39, 0.29) is 0 Å². The topological polar surface area (TPSA) is 63.8 Å². The third-order valence-corrected chi connectivity index (χ3v) is 3.53. The van der Waals surface area contributed by atoms with E-state index >= 15 is 0 Å². The molecule has 1 saturated carbocycles. The predicted octanol–water partition coefficient (Wildman–Crippen LogP) is 2.78. The molecule has 1 aromatic heterocycles. The zero-order valence-electron chi connectivity index (χ0n) is 10.9. The molecule has 2 rings (SSSR count). The Morgan fingerprint density at radius 2 is 2.12 bits per heavy atom. The molecule has 0 saturated heterocycles. The van der Waals surface area contributed by atoms with Crippen molar-refractivity contribution in [1.82, 2.24) is 9.97 Å². The molecule has 17 heavy (non-hydrogen) atoms. The van der Waals surface area contributed by atoms with Gasteiger partial charge < -0.3 is 11.1 Å². The molecule has 94 valence electrons. The Morgan fingerprint density at radius 1 is 1.35 bits per heavy atom. The van der Waals surface area contributed by atoms with Gasteiger partial charge in [-0.2, -0.15) is 0 Å². The Balaban J connectivity index is 2.17. The van der Waals surface area contributed by atoms with Gasteiger partial charge in [-0.05, 0) is 31.1 Å². The monoisotopic (exact) mass is 234 g/mol. The standard InChI is InChI=1S/C13H22N4/c1-8(2)11-12(14)15-7-16-13(11)17-10-5-4-9(3)6-10/h7-10H,4-6H2,1-3H3,(H3,14,15,16,17). The number of rotatable bonds is 3. The number of anilines is 2. The molecule has 0 amide bonds. The second kappa shape index (κ2) is 4.90. The van der Waals surface area contributed by atoms with Crippen LogP contribution in [0.4, 0.5) is 11.6 Å². The maximum absolute atomic E-state index is 5.93. The lowest BCUT2D eigenvalue weighted by atomic mass is 10.0. The highest BCUT2D eigenvalue weighted by Gasteiger charge is 2.23. The van der Waals surface area contributed by atoms with Gasteiger partial charge in [0.2, 0.25) is 0 Å². The average molecular weight is 234 g/mol. The third kappa shape index (κ3) is 2.68. The van der Waals surface area contributed by atoms with Crippen LogP contribution >= 0.6 is 0 Å². The van der Waals surface area contributed by atoms with E-state index in [0.29, 0.717) is 17.8 Å². The number of aromatic nitrogens is 2. The molecule has 0 radical (unpaired) electrons. The lowest BCUT2D eigenvalue weighted by molar-refractivity contribution is 0.602. The van der Waals surface area contributed by atoms with Gasteiger partial charge in [-0.3, -0.25) is 0 Å². The molecule has 1 aliphatic carbocycles. The molecule has 0 spiro atoms. The molecule has 0 aliphatic heterocycles. The van der Waals surface area contributed by atoms with Crippen LogP contribution in [0.25, 0.3) is 0 Å². The van der Waals surface area contributed by atoms with E-state index in [9.17, 15) is 0 Å². The number of hydrogen-bond donors (Lipinski definition) is 2. The maximum Gasteiger partial charge on any atom is 0.135 e. The SMILES string of the molecule is CC1CCC(Nc2ncnc(N)c2C(C)C)C1. The van der Waals surface area contributed by atoms with Crippen LogP contribution in [0.3, 0.4) is 0 Å². The van der Waals surface area contributed by atoms with Gasteiger partial charge >= 0.3 is 0 Å². The number of hydrogen-bond acceptors (Lipinski definition) is 4. The summed E-state index contributed by atoms with van der Waals surface area (Å²) in [6, 6.07) is 0.539. The minimum absolute atomic E-state index is 0.345. The summed E-state index contributed by atoms with van der Waals surface area (Å²) >= 11 is 0. The van der Waals surface area contributed by atoms with Gasteiger partial charge in [-0.25, -0.2) is 9.97 Å². The van der Waals surface area contributed by atoms with Crippen LogP contribution in [-0.2, 0) is 0 Å². The minimum Gasteiger partial charge on any atom is -0.383 e. The van der Waals surface area contributed by atoms with Gasteiger partial charge in [0.05, 0.1) is 0 Å². The molecule has 4 nitrogen and oxygen atoms in total. The molecule has 1 aliphatic rings. The summed E-state index contributed by atoms with van der Waals surface area (Å²) in [5.74, 6) is 2.68. The van der Waals surface area contributed by atoms with Crippen molar-refractivity contribution in [3.8, 4) is 0 Å². The van der Waals surface area contributed by atoms with E-state index in [1.807, 2.05) is 0 Å². The molecule has 4 heteroatoms. The van der Waals surface area contributed by atoms with Crippen molar-refractivity contribution in [1.29, 1.82) is 0 Å². The highest BCUT2D eigenvalue weighted by Crippen LogP contribution is 2.31. The van der Waals surface area contributed by atoms with Gasteiger partial charge in [0.15, 0.2) is 0 Å². The Bertz CT molecular complexity index is 389. The Morgan fingerprint density at radius 3 is 2.71 bits per heavy atom. The zero-order valence-corrected chi connectivity index (χ0v) is 10.9.